The van der Waals surface area contributed by atoms with Crippen LogP contribution in [0.5, 0.6) is 0 Å². The van der Waals surface area contributed by atoms with Gasteiger partial charge in [-0.25, -0.2) is 4.68 Å². The van der Waals surface area contributed by atoms with E-state index in [4.69, 9.17) is 11.6 Å². The molecule has 0 saturated carbocycles. The van der Waals surface area contributed by atoms with Crippen LogP contribution in [0.25, 0.3) is 5.69 Å². The lowest BCUT2D eigenvalue weighted by molar-refractivity contribution is 0.0795. The molecule has 0 atom stereocenters. The van der Waals surface area contributed by atoms with Crippen LogP contribution in [0.2, 0.25) is 5.02 Å². The van der Waals surface area contributed by atoms with Crippen molar-refractivity contribution in [1.29, 1.82) is 0 Å². The van der Waals surface area contributed by atoms with Gasteiger partial charge in [0.15, 0.2) is 0 Å². The predicted molar refractivity (Wildman–Crippen MR) is 108 cm³/mol. The Labute approximate surface area is 164 Å². The molecule has 0 aliphatic carbocycles. The van der Waals surface area contributed by atoms with E-state index < -0.39 is 0 Å². The lowest BCUT2D eigenvalue weighted by atomic mass is 10.0. The maximum atomic E-state index is 13.0. The van der Waals surface area contributed by atoms with E-state index in [0.29, 0.717) is 23.6 Å². The summed E-state index contributed by atoms with van der Waals surface area (Å²) >= 11 is 5.99. The van der Waals surface area contributed by atoms with Gasteiger partial charge in [-0.05, 0) is 42.3 Å². The molecule has 2 heterocycles. The van der Waals surface area contributed by atoms with Gasteiger partial charge in [0.05, 0.1) is 23.1 Å². The van der Waals surface area contributed by atoms with E-state index >= 15 is 0 Å². The first-order valence-electron chi connectivity index (χ1n) is 8.96. The lowest BCUT2D eigenvalue weighted by Gasteiger charge is -2.19. The fourth-order valence-corrected chi connectivity index (χ4v) is 3.13. The zero-order chi connectivity index (χ0) is 19.4. The van der Waals surface area contributed by atoms with E-state index in [1.165, 1.54) is 0 Å². The van der Waals surface area contributed by atoms with Crippen LogP contribution < -0.4 is 0 Å². The van der Waals surface area contributed by atoms with Gasteiger partial charge in [0.1, 0.15) is 0 Å². The number of likely N-dealkylation sites (N-methyl/N-ethyl adjacent to an activating group) is 1. The topological polar surface area (TPSA) is 51.0 Å². The summed E-state index contributed by atoms with van der Waals surface area (Å²) in [4.78, 5) is 19.1. The maximum absolute atomic E-state index is 13.0. The van der Waals surface area contributed by atoms with Crippen molar-refractivity contribution in [3.05, 3.63) is 76.8 Å². The molecule has 140 valence electrons. The molecule has 0 aliphatic heterocycles. The van der Waals surface area contributed by atoms with Crippen LogP contribution in [0.15, 0.2) is 54.9 Å². The second-order valence-corrected chi connectivity index (χ2v) is 7.22. The van der Waals surface area contributed by atoms with Crippen molar-refractivity contribution in [2.75, 3.05) is 13.6 Å². The van der Waals surface area contributed by atoms with Crippen LogP contribution in [-0.4, -0.2) is 39.2 Å². The Morgan fingerprint density at radius 1 is 1.19 bits per heavy atom. The van der Waals surface area contributed by atoms with Gasteiger partial charge in [-0.1, -0.05) is 31.5 Å². The number of rotatable bonds is 6. The highest BCUT2D eigenvalue weighted by Crippen LogP contribution is 2.25. The first-order valence-corrected chi connectivity index (χ1v) is 9.34. The quantitative estimate of drug-likeness (QED) is 0.636. The SMILES string of the molecule is CC(C)c1c(C(=O)N(C)CCc2ccccn2)cnn1-c1ccc(Cl)cc1. The Morgan fingerprint density at radius 2 is 1.93 bits per heavy atom. The molecular formula is C21H23ClN4O. The third-order valence-corrected chi connectivity index (χ3v) is 4.68. The summed E-state index contributed by atoms with van der Waals surface area (Å²) in [6, 6.07) is 13.3. The number of nitrogens with zero attached hydrogens (tertiary/aromatic N) is 4. The minimum Gasteiger partial charge on any atom is -0.341 e. The van der Waals surface area contributed by atoms with E-state index in [2.05, 4.69) is 23.9 Å². The first kappa shape index (κ1) is 19.1. The molecule has 5 nitrogen and oxygen atoms in total. The number of hydrogen-bond acceptors (Lipinski definition) is 3. The van der Waals surface area contributed by atoms with E-state index in [9.17, 15) is 4.79 Å². The molecule has 27 heavy (non-hydrogen) atoms. The molecule has 0 fully saturated rings. The second kappa shape index (κ2) is 8.35. The fourth-order valence-electron chi connectivity index (χ4n) is 3.00. The normalized spacial score (nSPS) is 11.0. The Bertz CT molecular complexity index is 904. The highest BCUT2D eigenvalue weighted by molar-refractivity contribution is 6.30. The van der Waals surface area contributed by atoms with Gasteiger partial charge in [-0.2, -0.15) is 5.10 Å². The van der Waals surface area contributed by atoms with Crippen molar-refractivity contribution in [3.63, 3.8) is 0 Å². The first-order chi connectivity index (χ1) is 13.0. The number of carbonyl (C=O) groups excluding carboxylic acids is 1. The standard InChI is InChI=1S/C21H23ClN4O/c1-15(2)20-19(14-24-26(20)18-9-7-16(22)8-10-18)21(27)25(3)13-11-17-6-4-5-12-23-17/h4-10,12,14-15H,11,13H2,1-3H3. The second-order valence-electron chi connectivity index (χ2n) is 6.78. The highest BCUT2D eigenvalue weighted by Gasteiger charge is 2.23. The van der Waals surface area contributed by atoms with Gasteiger partial charge in [0.25, 0.3) is 5.91 Å². The number of carbonyl (C=O) groups is 1. The van der Waals surface area contributed by atoms with Crippen molar-refractivity contribution in [2.24, 2.45) is 0 Å². The van der Waals surface area contributed by atoms with Crippen molar-refractivity contribution < 1.29 is 4.79 Å². The van der Waals surface area contributed by atoms with Crippen LogP contribution in [-0.2, 0) is 6.42 Å². The van der Waals surface area contributed by atoms with Crippen LogP contribution >= 0.6 is 11.6 Å². The largest absolute Gasteiger partial charge is 0.341 e. The lowest BCUT2D eigenvalue weighted by Crippen LogP contribution is -2.29. The summed E-state index contributed by atoms with van der Waals surface area (Å²) < 4.78 is 1.82. The van der Waals surface area contributed by atoms with Crippen LogP contribution in [0.4, 0.5) is 0 Å². The van der Waals surface area contributed by atoms with E-state index in [0.717, 1.165) is 17.1 Å². The minimum atomic E-state index is -0.0326. The van der Waals surface area contributed by atoms with Crippen molar-refractivity contribution in [2.45, 2.75) is 26.2 Å². The Hall–Kier alpha value is -2.66. The van der Waals surface area contributed by atoms with Gasteiger partial charge in [-0.3, -0.25) is 9.78 Å². The van der Waals surface area contributed by atoms with Crippen LogP contribution in [0.1, 0.15) is 41.5 Å². The molecule has 1 amide bonds. The highest BCUT2D eigenvalue weighted by atomic mass is 35.5. The van der Waals surface area contributed by atoms with Gasteiger partial charge in [0.2, 0.25) is 0 Å². The number of pyridine rings is 1. The van der Waals surface area contributed by atoms with Crippen LogP contribution in [0.3, 0.4) is 0 Å². The number of halogens is 1. The Morgan fingerprint density at radius 3 is 2.56 bits per heavy atom. The third-order valence-electron chi connectivity index (χ3n) is 4.43. The summed E-state index contributed by atoms with van der Waals surface area (Å²) in [5.41, 5.74) is 3.38. The molecule has 3 aromatic rings. The third kappa shape index (κ3) is 4.37. The van der Waals surface area contributed by atoms with E-state index in [1.807, 2.05) is 54.2 Å². The molecule has 0 spiro atoms. The van der Waals surface area contributed by atoms with Gasteiger partial charge in [0, 0.05) is 36.9 Å². The fraction of sp³-hybridized carbons (Fsp3) is 0.286. The van der Waals surface area contributed by atoms with Gasteiger partial charge in [-0.15, -0.1) is 0 Å². The smallest absolute Gasteiger partial charge is 0.257 e. The van der Waals surface area contributed by atoms with Crippen molar-refractivity contribution in [3.8, 4) is 5.69 Å². The summed E-state index contributed by atoms with van der Waals surface area (Å²) in [5, 5.41) is 5.14. The minimum absolute atomic E-state index is 0.0326. The van der Waals surface area contributed by atoms with E-state index in [1.54, 1.807) is 17.3 Å². The molecule has 2 aromatic heterocycles. The molecule has 0 saturated heterocycles. The monoisotopic (exact) mass is 382 g/mol. The van der Waals surface area contributed by atoms with Gasteiger partial charge < -0.3 is 4.90 Å². The summed E-state index contributed by atoms with van der Waals surface area (Å²) in [6.07, 6.45) is 4.14. The van der Waals surface area contributed by atoms with Crippen molar-refractivity contribution >= 4 is 17.5 Å². The molecule has 0 N–H and O–H groups in total. The molecule has 0 bridgehead atoms. The average molecular weight is 383 g/mol. The molecule has 3 rings (SSSR count). The Kier molecular flexibility index (Phi) is 5.91. The number of hydrogen-bond donors (Lipinski definition) is 0. The average Bonchev–Trinajstić information content (AvgIpc) is 3.12. The molecule has 0 unspecified atom stereocenters. The molecule has 6 heteroatoms. The van der Waals surface area contributed by atoms with E-state index in [-0.39, 0.29) is 11.8 Å². The molecular weight excluding hydrogens is 360 g/mol. The maximum Gasteiger partial charge on any atom is 0.257 e. The zero-order valence-electron chi connectivity index (χ0n) is 15.8. The zero-order valence-corrected chi connectivity index (χ0v) is 16.5. The summed E-state index contributed by atoms with van der Waals surface area (Å²) in [5.74, 6) is 0.112. The summed E-state index contributed by atoms with van der Waals surface area (Å²) in [7, 11) is 1.81. The predicted octanol–water partition coefficient (Wildman–Crippen LogP) is 4.36. The number of amides is 1. The number of aromatic nitrogens is 3. The summed E-state index contributed by atoms with van der Waals surface area (Å²) in [6.45, 7) is 4.72. The Balaban J connectivity index is 1.82. The number of benzene rings is 1. The van der Waals surface area contributed by atoms with Crippen LogP contribution in [0, 0.1) is 0 Å². The molecule has 1 aromatic carbocycles. The molecule has 0 radical (unpaired) electrons. The van der Waals surface area contributed by atoms with Gasteiger partial charge >= 0.3 is 0 Å². The van der Waals surface area contributed by atoms with Crippen molar-refractivity contribution in [1.82, 2.24) is 19.7 Å². The molecule has 0 aliphatic rings.